The number of hydrogen-bond acceptors (Lipinski definition) is 3. The van der Waals surface area contributed by atoms with Gasteiger partial charge in [-0.3, -0.25) is 4.79 Å². The lowest BCUT2D eigenvalue weighted by Crippen LogP contribution is -2.24. The Bertz CT molecular complexity index is 652. The van der Waals surface area contributed by atoms with Gasteiger partial charge >= 0.3 is 0 Å². The average Bonchev–Trinajstić information content (AvgIpc) is 2.47. The van der Waals surface area contributed by atoms with E-state index in [1.165, 1.54) is 11.1 Å². The summed E-state index contributed by atoms with van der Waals surface area (Å²) in [5, 5.41) is 6.16. The second-order valence-electron chi connectivity index (χ2n) is 5.08. The highest BCUT2D eigenvalue weighted by Gasteiger charge is 2.12. The Morgan fingerprint density at radius 3 is 3.00 bits per heavy atom. The molecular weight excluding hydrogens is 250 g/mol. The lowest BCUT2D eigenvalue weighted by Gasteiger charge is -2.17. The van der Waals surface area contributed by atoms with Crippen molar-refractivity contribution in [1.82, 2.24) is 10.3 Å². The molecule has 0 saturated carbocycles. The standard InChI is InChI=1S/C16H17N3O/c1-11-4-7-18-15(8-11)19-16(20)13-3-2-12-5-6-17-10-14(12)9-13/h2-4,7-9,17H,5-6,10H2,1H3,(H,18,19,20). The summed E-state index contributed by atoms with van der Waals surface area (Å²) in [6.45, 7) is 3.81. The summed E-state index contributed by atoms with van der Waals surface area (Å²) in [6, 6.07) is 9.66. The van der Waals surface area contributed by atoms with Crippen LogP contribution >= 0.6 is 0 Å². The summed E-state index contributed by atoms with van der Waals surface area (Å²) in [7, 11) is 0. The van der Waals surface area contributed by atoms with Gasteiger partial charge in [-0.15, -0.1) is 0 Å². The van der Waals surface area contributed by atoms with Crippen LogP contribution in [0.5, 0.6) is 0 Å². The number of anilines is 1. The lowest BCUT2D eigenvalue weighted by molar-refractivity contribution is 0.102. The number of carbonyl (C=O) groups is 1. The Morgan fingerprint density at radius 2 is 2.15 bits per heavy atom. The Labute approximate surface area is 118 Å². The van der Waals surface area contributed by atoms with Crippen molar-refractivity contribution in [2.75, 3.05) is 11.9 Å². The van der Waals surface area contributed by atoms with Crippen LogP contribution in [0.2, 0.25) is 0 Å². The van der Waals surface area contributed by atoms with Crippen LogP contribution in [0.1, 0.15) is 27.0 Å². The maximum atomic E-state index is 12.2. The molecule has 0 radical (unpaired) electrons. The SMILES string of the molecule is Cc1ccnc(NC(=O)c2ccc3c(c2)CNCC3)c1. The Morgan fingerprint density at radius 1 is 1.25 bits per heavy atom. The molecule has 0 fully saturated rings. The number of carbonyl (C=O) groups excluding carboxylic acids is 1. The van der Waals surface area contributed by atoms with Gasteiger partial charge in [-0.1, -0.05) is 6.07 Å². The number of nitrogens with one attached hydrogen (secondary N) is 2. The largest absolute Gasteiger partial charge is 0.312 e. The molecular formula is C16H17N3O. The van der Waals surface area contributed by atoms with Crippen LogP contribution in [-0.4, -0.2) is 17.4 Å². The molecule has 0 unspecified atom stereocenters. The van der Waals surface area contributed by atoms with Gasteiger partial charge in [-0.05, 0) is 60.8 Å². The number of aryl methyl sites for hydroxylation is 1. The molecule has 20 heavy (non-hydrogen) atoms. The zero-order valence-corrected chi connectivity index (χ0v) is 11.4. The minimum Gasteiger partial charge on any atom is -0.312 e. The molecule has 0 aliphatic carbocycles. The van der Waals surface area contributed by atoms with Crippen molar-refractivity contribution >= 4 is 11.7 Å². The van der Waals surface area contributed by atoms with Gasteiger partial charge in [0.15, 0.2) is 0 Å². The third-order valence-electron chi connectivity index (χ3n) is 3.51. The van der Waals surface area contributed by atoms with Crippen LogP contribution in [0, 0.1) is 6.92 Å². The molecule has 1 aromatic heterocycles. The Hall–Kier alpha value is -2.20. The molecule has 1 amide bonds. The van der Waals surface area contributed by atoms with E-state index in [-0.39, 0.29) is 5.91 Å². The predicted octanol–water partition coefficient (Wildman–Crippen LogP) is 2.29. The van der Waals surface area contributed by atoms with Crippen LogP contribution < -0.4 is 10.6 Å². The van der Waals surface area contributed by atoms with E-state index in [9.17, 15) is 4.79 Å². The van der Waals surface area contributed by atoms with Crippen LogP contribution in [0.25, 0.3) is 0 Å². The van der Waals surface area contributed by atoms with Crippen molar-refractivity contribution in [2.24, 2.45) is 0 Å². The molecule has 1 aromatic carbocycles. The second-order valence-corrected chi connectivity index (χ2v) is 5.08. The van der Waals surface area contributed by atoms with Crippen molar-refractivity contribution in [1.29, 1.82) is 0 Å². The van der Waals surface area contributed by atoms with Gasteiger partial charge in [-0.25, -0.2) is 4.98 Å². The highest BCUT2D eigenvalue weighted by molar-refractivity contribution is 6.03. The molecule has 4 heteroatoms. The van der Waals surface area contributed by atoms with E-state index in [1.807, 2.05) is 31.2 Å². The fourth-order valence-electron chi connectivity index (χ4n) is 2.41. The summed E-state index contributed by atoms with van der Waals surface area (Å²) in [6.07, 6.45) is 2.72. The molecule has 1 aliphatic rings. The predicted molar refractivity (Wildman–Crippen MR) is 78.8 cm³/mol. The molecule has 3 rings (SSSR count). The van der Waals surface area contributed by atoms with Crippen LogP contribution in [0.3, 0.4) is 0 Å². The number of rotatable bonds is 2. The zero-order valence-electron chi connectivity index (χ0n) is 11.4. The molecule has 2 aromatic rings. The van der Waals surface area contributed by atoms with Gasteiger partial charge < -0.3 is 10.6 Å². The summed E-state index contributed by atoms with van der Waals surface area (Å²) in [5.74, 6) is 0.474. The van der Waals surface area contributed by atoms with E-state index in [0.29, 0.717) is 11.4 Å². The lowest BCUT2D eigenvalue weighted by atomic mass is 9.98. The minimum absolute atomic E-state index is 0.114. The van der Waals surface area contributed by atoms with Gasteiger partial charge in [0, 0.05) is 18.3 Å². The first-order valence-electron chi connectivity index (χ1n) is 6.79. The smallest absolute Gasteiger partial charge is 0.256 e. The fourth-order valence-corrected chi connectivity index (χ4v) is 2.41. The van der Waals surface area contributed by atoms with E-state index >= 15 is 0 Å². The number of amides is 1. The minimum atomic E-state index is -0.114. The third-order valence-corrected chi connectivity index (χ3v) is 3.51. The molecule has 4 nitrogen and oxygen atoms in total. The van der Waals surface area contributed by atoms with Gasteiger partial charge in [0.25, 0.3) is 5.91 Å². The summed E-state index contributed by atoms with van der Waals surface area (Å²) < 4.78 is 0. The second kappa shape index (κ2) is 5.43. The van der Waals surface area contributed by atoms with Crippen molar-refractivity contribution < 1.29 is 4.79 Å². The highest BCUT2D eigenvalue weighted by Crippen LogP contribution is 2.17. The van der Waals surface area contributed by atoms with E-state index < -0.39 is 0 Å². The molecule has 1 aliphatic heterocycles. The van der Waals surface area contributed by atoms with Crippen molar-refractivity contribution in [3.63, 3.8) is 0 Å². The topological polar surface area (TPSA) is 54.0 Å². The molecule has 0 saturated heterocycles. The summed E-state index contributed by atoms with van der Waals surface area (Å²) in [4.78, 5) is 16.4. The number of benzene rings is 1. The maximum Gasteiger partial charge on any atom is 0.256 e. The first-order valence-corrected chi connectivity index (χ1v) is 6.79. The van der Waals surface area contributed by atoms with Crippen molar-refractivity contribution in [3.05, 3.63) is 58.8 Å². The van der Waals surface area contributed by atoms with Crippen LogP contribution in [0.15, 0.2) is 36.5 Å². The van der Waals surface area contributed by atoms with Gasteiger partial charge in [-0.2, -0.15) is 0 Å². The Balaban J connectivity index is 1.80. The Kier molecular flexibility index (Phi) is 3.48. The molecule has 2 N–H and O–H groups in total. The number of nitrogens with zero attached hydrogens (tertiary/aromatic N) is 1. The van der Waals surface area contributed by atoms with Crippen LogP contribution in [0.4, 0.5) is 5.82 Å². The van der Waals surface area contributed by atoms with Gasteiger partial charge in [0.2, 0.25) is 0 Å². The summed E-state index contributed by atoms with van der Waals surface area (Å²) >= 11 is 0. The zero-order chi connectivity index (χ0) is 13.9. The molecule has 102 valence electrons. The normalized spacial score (nSPS) is 13.7. The average molecular weight is 267 g/mol. The number of fused-ring (bicyclic) bond motifs is 1. The quantitative estimate of drug-likeness (QED) is 0.877. The first-order chi connectivity index (χ1) is 9.72. The van der Waals surface area contributed by atoms with E-state index in [4.69, 9.17) is 0 Å². The number of pyridine rings is 1. The van der Waals surface area contributed by atoms with Gasteiger partial charge in [0.05, 0.1) is 0 Å². The molecule has 0 spiro atoms. The van der Waals surface area contributed by atoms with Gasteiger partial charge in [0.1, 0.15) is 5.82 Å². The van der Waals surface area contributed by atoms with Crippen molar-refractivity contribution in [2.45, 2.75) is 19.9 Å². The number of hydrogen-bond donors (Lipinski definition) is 2. The summed E-state index contributed by atoms with van der Waals surface area (Å²) in [5.41, 5.74) is 4.29. The third kappa shape index (κ3) is 2.70. The fraction of sp³-hybridized carbons (Fsp3) is 0.250. The first kappa shape index (κ1) is 12.8. The number of aromatic nitrogens is 1. The molecule has 2 heterocycles. The molecule has 0 atom stereocenters. The van der Waals surface area contributed by atoms with E-state index in [1.54, 1.807) is 6.20 Å². The van der Waals surface area contributed by atoms with E-state index in [2.05, 4.69) is 21.7 Å². The maximum absolute atomic E-state index is 12.2. The monoisotopic (exact) mass is 267 g/mol. The molecule has 0 bridgehead atoms. The van der Waals surface area contributed by atoms with Crippen LogP contribution in [-0.2, 0) is 13.0 Å². The van der Waals surface area contributed by atoms with E-state index in [0.717, 1.165) is 25.1 Å². The highest BCUT2D eigenvalue weighted by atomic mass is 16.1. The van der Waals surface area contributed by atoms with Crippen molar-refractivity contribution in [3.8, 4) is 0 Å².